The third-order valence-electron chi connectivity index (χ3n) is 5.82. The van der Waals surface area contributed by atoms with E-state index in [9.17, 15) is 9.59 Å². The van der Waals surface area contributed by atoms with Gasteiger partial charge in [0.2, 0.25) is 11.8 Å². The number of allylic oxidation sites excluding steroid dienone is 4. The van der Waals surface area contributed by atoms with Gasteiger partial charge in [-0.1, -0.05) is 42.0 Å². The highest BCUT2D eigenvalue weighted by molar-refractivity contribution is 7.59. The number of carbonyl (C=O) groups is 2. The number of imide groups is 1. The van der Waals surface area contributed by atoms with Crippen molar-refractivity contribution in [2.75, 3.05) is 6.16 Å². The molecule has 5 heteroatoms. The van der Waals surface area contributed by atoms with Crippen LogP contribution in [0.2, 0.25) is 0 Å². The molecule has 0 aromatic heterocycles. The first-order valence-electron chi connectivity index (χ1n) is 9.06. The molecule has 128 valence electrons. The van der Waals surface area contributed by atoms with Crippen LogP contribution in [-0.4, -0.2) is 28.3 Å². The topological polar surface area (TPSA) is 37.4 Å². The predicted octanol–water partition coefficient (Wildman–Crippen LogP) is 4.49. The lowest BCUT2D eigenvalue weighted by molar-refractivity contribution is -0.132. The summed E-state index contributed by atoms with van der Waals surface area (Å²) in [4.78, 5) is 24.9. The Morgan fingerprint density at radius 2 is 1.88 bits per heavy atom. The third kappa shape index (κ3) is 2.47. The average molecular weight is 369 g/mol. The Morgan fingerprint density at radius 1 is 1.08 bits per heavy atom. The Balaban J connectivity index is 1.58. The molecule has 4 unspecified atom stereocenters. The van der Waals surface area contributed by atoms with Crippen LogP contribution < -0.4 is 0 Å². The summed E-state index contributed by atoms with van der Waals surface area (Å²) in [5.41, 5.74) is 6.81. The van der Waals surface area contributed by atoms with E-state index in [-0.39, 0.29) is 11.8 Å². The number of hydrogen-bond donors (Lipinski definition) is 0. The van der Waals surface area contributed by atoms with Crippen LogP contribution in [0.15, 0.2) is 47.6 Å². The number of amides is 2. The van der Waals surface area contributed by atoms with Crippen LogP contribution in [0.3, 0.4) is 0 Å². The van der Waals surface area contributed by atoms with Crippen molar-refractivity contribution in [1.82, 2.24) is 4.67 Å². The number of hydrogen-bond acceptors (Lipinski definition) is 2. The molecule has 3 nitrogen and oxygen atoms in total. The molecule has 2 amide bonds. The van der Waals surface area contributed by atoms with Crippen LogP contribution in [0.25, 0.3) is 0 Å². The lowest BCUT2D eigenvalue weighted by Gasteiger charge is -2.34. The van der Waals surface area contributed by atoms with Gasteiger partial charge in [0.1, 0.15) is 0 Å². The van der Waals surface area contributed by atoms with Crippen LogP contribution >= 0.6 is 16.7 Å². The van der Waals surface area contributed by atoms with Gasteiger partial charge in [0.15, 0.2) is 0 Å². The molecule has 1 saturated heterocycles. The van der Waals surface area contributed by atoms with Crippen LogP contribution in [0, 0.1) is 0 Å². The summed E-state index contributed by atoms with van der Waals surface area (Å²) in [5.74, 6) is 0.138. The molecule has 0 bridgehead atoms. The minimum absolute atomic E-state index is 0.0690. The zero-order valence-electron chi connectivity index (χ0n) is 14.1. The highest BCUT2D eigenvalue weighted by atomic mass is 31.1. The molecule has 5 rings (SSSR count). The van der Waals surface area contributed by atoms with Crippen molar-refractivity contribution in [3.8, 4) is 0 Å². The van der Waals surface area contributed by atoms with Gasteiger partial charge in [-0.15, -0.1) is 8.58 Å². The van der Waals surface area contributed by atoms with Crippen LogP contribution in [-0.2, 0) is 15.8 Å². The molecular formula is C20H21NO2P2. The van der Waals surface area contributed by atoms with Crippen LogP contribution in [0.1, 0.15) is 42.5 Å². The van der Waals surface area contributed by atoms with Gasteiger partial charge in [-0.25, -0.2) is 0 Å². The maximum Gasteiger partial charge on any atom is 0.233 e. The summed E-state index contributed by atoms with van der Waals surface area (Å²) in [5, 5.41) is 0. The molecule has 3 heterocycles. The molecule has 0 N–H and O–H groups in total. The average Bonchev–Trinajstić information content (AvgIpc) is 3.29. The van der Waals surface area contributed by atoms with Crippen molar-refractivity contribution in [2.24, 2.45) is 0 Å². The number of benzene rings is 1. The Kier molecular flexibility index (Phi) is 3.91. The van der Waals surface area contributed by atoms with E-state index in [1.165, 1.54) is 16.7 Å². The van der Waals surface area contributed by atoms with E-state index in [1.54, 1.807) is 10.2 Å². The molecular weight excluding hydrogens is 348 g/mol. The Hall–Kier alpha value is -1.30. The molecule has 4 atom stereocenters. The SMILES string of the molecule is O=C1CCC(=O)N1P1CC2=C(CCC=C2)C1C1PCc2ccccc21. The maximum absolute atomic E-state index is 12.5. The number of nitrogens with zero attached hydrogens (tertiary/aromatic N) is 1. The standard InChI is InChI=1S/C20H21NO2P2/c22-17-9-10-18(23)21(17)25-12-14-6-2-4-8-16(14)20(25)19-15-7-3-1-5-13(15)11-24-19/h1-3,5-7,19-20,24H,4,8-12H2. The van der Waals surface area contributed by atoms with Gasteiger partial charge in [0.25, 0.3) is 0 Å². The highest BCUT2D eigenvalue weighted by Gasteiger charge is 2.48. The fourth-order valence-electron chi connectivity index (χ4n) is 4.71. The first-order valence-corrected chi connectivity index (χ1v) is 11.9. The predicted molar refractivity (Wildman–Crippen MR) is 103 cm³/mol. The molecule has 0 saturated carbocycles. The Bertz CT molecular complexity index is 813. The summed E-state index contributed by atoms with van der Waals surface area (Å²) in [6.07, 6.45) is 9.62. The molecule has 1 aromatic rings. The van der Waals surface area contributed by atoms with Crippen LogP contribution in [0.5, 0.6) is 0 Å². The van der Waals surface area contributed by atoms with E-state index in [4.69, 9.17) is 0 Å². The van der Waals surface area contributed by atoms with Gasteiger partial charge in [-0.05, 0) is 35.7 Å². The van der Waals surface area contributed by atoms with Crippen molar-refractivity contribution >= 4 is 28.5 Å². The largest absolute Gasteiger partial charge is 0.274 e. The zero-order valence-corrected chi connectivity index (χ0v) is 16.0. The monoisotopic (exact) mass is 369 g/mol. The summed E-state index contributed by atoms with van der Waals surface area (Å²) in [6.45, 7) is 0. The molecule has 25 heavy (non-hydrogen) atoms. The van der Waals surface area contributed by atoms with E-state index in [0.717, 1.165) is 33.7 Å². The van der Waals surface area contributed by atoms with Crippen molar-refractivity contribution in [1.29, 1.82) is 0 Å². The first kappa shape index (κ1) is 15.9. The maximum atomic E-state index is 12.5. The van der Waals surface area contributed by atoms with Gasteiger partial charge < -0.3 is 0 Å². The van der Waals surface area contributed by atoms with Crippen LogP contribution in [0.4, 0.5) is 0 Å². The van der Waals surface area contributed by atoms with E-state index in [1.807, 2.05) is 0 Å². The quantitative estimate of drug-likeness (QED) is 0.569. The van der Waals surface area contributed by atoms with Crippen molar-refractivity contribution in [2.45, 2.75) is 43.2 Å². The second-order valence-electron chi connectivity index (χ2n) is 7.19. The lowest BCUT2D eigenvalue weighted by atomic mass is 9.92. The summed E-state index contributed by atoms with van der Waals surface area (Å²) in [7, 11) is 0.112. The zero-order chi connectivity index (χ0) is 17.0. The van der Waals surface area contributed by atoms with Gasteiger partial charge in [-0.2, -0.15) is 0 Å². The second-order valence-corrected chi connectivity index (χ2v) is 10.7. The van der Waals surface area contributed by atoms with E-state index in [0.29, 0.717) is 24.2 Å². The molecule has 1 aromatic carbocycles. The van der Waals surface area contributed by atoms with Gasteiger partial charge >= 0.3 is 0 Å². The van der Waals surface area contributed by atoms with Crippen molar-refractivity contribution in [3.05, 3.63) is 58.7 Å². The fourth-order valence-corrected chi connectivity index (χ4v) is 10.4. The van der Waals surface area contributed by atoms with Gasteiger partial charge in [-0.3, -0.25) is 14.3 Å². The number of rotatable bonds is 2. The normalized spacial score (nSPS) is 32.0. The van der Waals surface area contributed by atoms with Crippen molar-refractivity contribution < 1.29 is 9.59 Å². The fraction of sp³-hybridized carbons (Fsp3) is 0.400. The Morgan fingerprint density at radius 3 is 2.72 bits per heavy atom. The number of carbonyl (C=O) groups excluding carboxylic acids is 2. The summed E-state index contributed by atoms with van der Waals surface area (Å²) >= 11 is 0. The molecule has 0 radical (unpaired) electrons. The molecule has 3 aliphatic heterocycles. The van der Waals surface area contributed by atoms with E-state index < -0.39 is 8.07 Å². The number of fused-ring (bicyclic) bond motifs is 1. The summed E-state index contributed by atoms with van der Waals surface area (Å²) in [6, 6.07) is 8.80. The first-order chi connectivity index (χ1) is 12.2. The second kappa shape index (κ2) is 6.15. The smallest absolute Gasteiger partial charge is 0.233 e. The van der Waals surface area contributed by atoms with Gasteiger partial charge in [0.05, 0.1) is 0 Å². The lowest BCUT2D eigenvalue weighted by Crippen LogP contribution is -2.29. The molecule has 1 fully saturated rings. The third-order valence-corrected chi connectivity index (χ3v) is 10.6. The molecule has 4 aliphatic rings. The minimum Gasteiger partial charge on any atom is -0.274 e. The van der Waals surface area contributed by atoms with E-state index >= 15 is 0 Å². The highest BCUT2D eigenvalue weighted by Crippen LogP contribution is 2.67. The summed E-state index contributed by atoms with van der Waals surface area (Å²) < 4.78 is 1.71. The minimum atomic E-state index is -0.758. The molecule has 0 spiro atoms. The Labute approximate surface area is 151 Å². The van der Waals surface area contributed by atoms with Gasteiger partial charge in [0, 0.05) is 38.4 Å². The van der Waals surface area contributed by atoms with Crippen molar-refractivity contribution in [3.63, 3.8) is 0 Å². The van der Waals surface area contributed by atoms with E-state index in [2.05, 4.69) is 36.4 Å². The molecule has 1 aliphatic carbocycles.